The molecule has 1 unspecified atom stereocenters. The molecule has 1 saturated carbocycles. The van der Waals surface area contributed by atoms with E-state index in [1.165, 1.54) is 12.8 Å². The second kappa shape index (κ2) is 5.99. The lowest BCUT2D eigenvalue weighted by Gasteiger charge is -2.26. The van der Waals surface area contributed by atoms with E-state index in [1.807, 2.05) is 37.4 Å². The monoisotopic (exact) mass is 244 g/mol. The third-order valence-corrected chi connectivity index (χ3v) is 3.56. The Bertz CT molecular complexity index is 408. The average molecular weight is 244 g/mol. The molecule has 1 N–H and O–H groups in total. The summed E-state index contributed by atoms with van der Waals surface area (Å²) in [4.78, 5) is 0. The van der Waals surface area contributed by atoms with Crippen LogP contribution in [0.5, 0.6) is 0 Å². The quantitative estimate of drug-likeness (QED) is 0.749. The molecular weight excluding hydrogens is 224 g/mol. The molecule has 3 heteroatoms. The number of nitriles is 1. The molecule has 0 radical (unpaired) electrons. The van der Waals surface area contributed by atoms with Gasteiger partial charge < -0.3 is 4.74 Å². The standard InChI is InChI=1S/C15H20N2O/c1-17-15(12-16,14-5-3-2-4-6-14)9-10-18-11-13-7-8-13/h2-6,13,17H,7-11H2,1H3. The normalized spacial score (nSPS) is 18.0. The van der Waals surface area contributed by atoms with Gasteiger partial charge in [0.25, 0.3) is 0 Å². The number of nitrogens with one attached hydrogen (secondary N) is 1. The van der Waals surface area contributed by atoms with Gasteiger partial charge in [-0.3, -0.25) is 5.32 Å². The summed E-state index contributed by atoms with van der Waals surface area (Å²) in [6.07, 6.45) is 3.28. The van der Waals surface area contributed by atoms with E-state index >= 15 is 0 Å². The van der Waals surface area contributed by atoms with Crippen LogP contribution in [-0.2, 0) is 10.3 Å². The van der Waals surface area contributed by atoms with Crippen LogP contribution in [-0.4, -0.2) is 20.3 Å². The van der Waals surface area contributed by atoms with Crippen molar-refractivity contribution >= 4 is 0 Å². The van der Waals surface area contributed by atoms with E-state index in [9.17, 15) is 5.26 Å². The maximum atomic E-state index is 9.48. The van der Waals surface area contributed by atoms with Crippen LogP contribution in [0.2, 0.25) is 0 Å². The molecule has 0 aliphatic heterocycles. The Morgan fingerprint density at radius 1 is 1.39 bits per heavy atom. The Morgan fingerprint density at radius 3 is 2.67 bits per heavy atom. The Hall–Kier alpha value is -1.37. The van der Waals surface area contributed by atoms with Crippen LogP contribution >= 0.6 is 0 Å². The Kier molecular flexibility index (Phi) is 4.35. The van der Waals surface area contributed by atoms with Crippen molar-refractivity contribution < 1.29 is 4.74 Å². The maximum Gasteiger partial charge on any atom is 0.134 e. The Labute approximate surface area is 109 Å². The van der Waals surface area contributed by atoms with Gasteiger partial charge in [0, 0.05) is 19.6 Å². The first-order valence-corrected chi connectivity index (χ1v) is 6.54. The van der Waals surface area contributed by atoms with Crippen molar-refractivity contribution in [1.29, 1.82) is 5.26 Å². The first-order chi connectivity index (χ1) is 8.80. The maximum absolute atomic E-state index is 9.48. The molecule has 1 atom stereocenters. The summed E-state index contributed by atoms with van der Waals surface area (Å²) in [7, 11) is 1.83. The molecular formula is C15H20N2O. The number of nitrogens with zero attached hydrogens (tertiary/aromatic N) is 1. The van der Waals surface area contributed by atoms with Gasteiger partial charge in [-0.2, -0.15) is 5.26 Å². The third kappa shape index (κ3) is 3.10. The molecule has 96 valence electrons. The van der Waals surface area contributed by atoms with E-state index in [0.29, 0.717) is 13.0 Å². The van der Waals surface area contributed by atoms with Gasteiger partial charge in [-0.15, -0.1) is 0 Å². The summed E-state index contributed by atoms with van der Waals surface area (Å²) >= 11 is 0. The van der Waals surface area contributed by atoms with E-state index in [0.717, 1.165) is 18.1 Å². The van der Waals surface area contributed by atoms with Crippen LogP contribution in [0.25, 0.3) is 0 Å². The topological polar surface area (TPSA) is 45.0 Å². The highest BCUT2D eigenvalue weighted by Crippen LogP contribution is 2.29. The first kappa shape index (κ1) is 13.1. The van der Waals surface area contributed by atoms with E-state index in [-0.39, 0.29) is 0 Å². The highest BCUT2D eigenvalue weighted by atomic mass is 16.5. The van der Waals surface area contributed by atoms with Crippen molar-refractivity contribution in [2.24, 2.45) is 5.92 Å². The van der Waals surface area contributed by atoms with Gasteiger partial charge >= 0.3 is 0 Å². The predicted molar refractivity (Wildman–Crippen MR) is 71.0 cm³/mol. The van der Waals surface area contributed by atoms with Gasteiger partial charge in [0.15, 0.2) is 0 Å². The molecule has 0 heterocycles. The van der Waals surface area contributed by atoms with Crippen LogP contribution in [0, 0.1) is 17.2 Å². The summed E-state index contributed by atoms with van der Waals surface area (Å²) in [5.41, 5.74) is 0.371. The lowest BCUT2D eigenvalue weighted by Crippen LogP contribution is -2.39. The minimum absolute atomic E-state index is 0.625. The van der Waals surface area contributed by atoms with Crippen molar-refractivity contribution in [3.05, 3.63) is 35.9 Å². The molecule has 1 aromatic carbocycles. The molecule has 0 aromatic heterocycles. The smallest absolute Gasteiger partial charge is 0.134 e. The molecule has 1 aromatic rings. The molecule has 2 rings (SSSR count). The molecule has 1 aliphatic carbocycles. The van der Waals surface area contributed by atoms with E-state index < -0.39 is 5.54 Å². The molecule has 0 saturated heterocycles. The minimum atomic E-state index is -0.634. The van der Waals surface area contributed by atoms with Gasteiger partial charge in [-0.25, -0.2) is 0 Å². The molecule has 1 aliphatic rings. The lowest BCUT2D eigenvalue weighted by atomic mass is 9.88. The molecule has 0 amide bonds. The minimum Gasteiger partial charge on any atom is -0.381 e. The van der Waals surface area contributed by atoms with Crippen molar-refractivity contribution in [3.63, 3.8) is 0 Å². The zero-order valence-corrected chi connectivity index (χ0v) is 10.9. The zero-order chi connectivity index (χ0) is 12.8. The summed E-state index contributed by atoms with van der Waals surface area (Å²) in [5, 5.41) is 12.6. The second-order valence-corrected chi connectivity index (χ2v) is 4.90. The highest BCUT2D eigenvalue weighted by Gasteiger charge is 2.30. The van der Waals surface area contributed by atoms with Gasteiger partial charge in [0.1, 0.15) is 5.54 Å². The fraction of sp³-hybridized carbons (Fsp3) is 0.533. The summed E-state index contributed by atoms with van der Waals surface area (Å²) < 4.78 is 5.65. The SMILES string of the molecule is CNC(C#N)(CCOCC1CC1)c1ccccc1. The van der Waals surface area contributed by atoms with Crippen LogP contribution in [0.1, 0.15) is 24.8 Å². The molecule has 3 nitrogen and oxygen atoms in total. The van der Waals surface area contributed by atoms with E-state index in [2.05, 4.69) is 11.4 Å². The average Bonchev–Trinajstić information content (AvgIpc) is 3.25. The van der Waals surface area contributed by atoms with E-state index in [1.54, 1.807) is 0 Å². The predicted octanol–water partition coefficient (Wildman–Crippen LogP) is 2.44. The van der Waals surface area contributed by atoms with Crippen molar-refractivity contribution in [1.82, 2.24) is 5.32 Å². The van der Waals surface area contributed by atoms with E-state index in [4.69, 9.17) is 4.74 Å². The van der Waals surface area contributed by atoms with Gasteiger partial charge in [0.05, 0.1) is 6.07 Å². The summed E-state index contributed by atoms with van der Waals surface area (Å²) in [6.45, 7) is 1.47. The Balaban J connectivity index is 1.95. The number of benzene rings is 1. The lowest BCUT2D eigenvalue weighted by molar-refractivity contribution is 0.108. The van der Waals surface area contributed by atoms with Gasteiger partial charge in [0.2, 0.25) is 0 Å². The highest BCUT2D eigenvalue weighted by molar-refractivity contribution is 5.31. The van der Waals surface area contributed by atoms with Crippen molar-refractivity contribution in [3.8, 4) is 6.07 Å². The van der Waals surface area contributed by atoms with Crippen LogP contribution in [0.4, 0.5) is 0 Å². The number of ether oxygens (including phenoxy) is 1. The zero-order valence-electron chi connectivity index (χ0n) is 10.9. The second-order valence-electron chi connectivity index (χ2n) is 4.90. The van der Waals surface area contributed by atoms with Gasteiger partial charge in [-0.1, -0.05) is 30.3 Å². The van der Waals surface area contributed by atoms with Crippen LogP contribution < -0.4 is 5.32 Å². The fourth-order valence-corrected chi connectivity index (χ4v) is 2.07. The molecule has 1 fully saturated rings. The van der Waals surface area contributed by atoms with Gasteiger partial charge in [-0.05, 0) is 31.4 Å². The van der Waals surface area contributed by atoms with Crippen LogP contribution in [0.3, 0.4) is 0 Å². The molecule has 0 spiro atoms. The van der Waals surface area contributed by atoms with Crippen molar-refractivity contribution in [2.75, 3.05) is 20.3 Å². The number of hydrogen-bond acceptors (Lipinski definition) is 3. The number of hydrogen-bond donors (Lipinski definition) is 1. The third-order valence-electron chi connectivity index (χ3n) is 3.56. The number of rotatable bonds is 7. The molecule has 18 heavy (non-hydrogen) atoms. The molecule has 0 bridgehead atoms. The largest absolute Gasteiger partial charge is 0.381 e. The summed E-state index contributed by atoms with van der Waals surface area (Å²) in [5.74, 6) is 0.771. The first-order valence-electron chi connectivity index (χ1n) is 6.54. The van der Waals surface area contributed by atoms with Crippen molar-refractivity contribution in [2.45, 2.75) is 24.8 Å². The summed E-state index contributed by atoms with van der Waals surface area (Å²) in [6, 6.07) is 12.3. The Morgan fingerprint density at radius 2 is 2.11 bits per heavy atom. The fourth-order valence-electron chi connectivity index (χ4n) is 2.07. The van der Waals surface area contributed by atoms with Crippen LogP contribution in [0.15, 0.2) is 30.3 Å².